The minimum absolute atomic E-state index is 0.0996. The molecule has 0 fully saturated rings. The van der Waals surface area contributed by atoms with E-state index in [-0.39, 0.29) is 18.1 Å². The zero-order chi connectivity index (χ0) is 22.2. The summed E-state index contributed by atoms with van der Waals surface area (Å²) < 4.78 is 24.1. The Labute approximate surface area is 189 Å². The molecule has 0 bridgehead atoms. The van der Waals surface area contributed by atoms with Gasteiger partial charge in [-0.15, -0.1) is 0 Å². The molecule has 0 aliphatic heterocycles. The number of methoxy groups -OCH3 is 1. The molecular weight excluding hydrogens is 442 g/mol. The van der Waals surface area contributed by atoms with Gasteiger partial charge >= 0.3 is 0 Å². The summed E-state index contributed by atoms with van der Waals surface area (Å²) in [5, 5.41) is 4.89. The standard InChI is InChI=1S/C23H19Cl2FN2O3/c1-30-22-11-16(13-27-28-23(29)12-15-2-6-18(26)7-3-15)5-9-21(22)31-14-17-4-8-19(24)20(25)10-17/h2-11,13H,12,14H2,1H3,(H,28,29)/b27-13+. The SMILES string of the molecule is COc1cc(/C=N/NC(=O)Cc2ccc(F)cc2)ccc1OCc1ccc(Cl)c(Cl)c1. The molecule has 0 unspecified atom stereocenters. The van der Waals surface area contributed by atoms with Gasteiger partial charge in [-0.2, -0.15) is 5.10 Å². The maximum Gasteiger partial charge on any atom is 0.244 e. The van der Waals surface area contributed by atoms with Crippen LogP contribution in [0, 0.1) is 5.82 Å². The van der Waals surface area contributed by atoms with Crippen molar-refractivity contribution in [1.29, 1.82) is 0 Å². The van der Waals surface area contributed by atoms with Gasteiger partial charge in [0.05, 0.1) is 29.8 Å². The number of benzene rings is 3. The molecule has 0 radical (unpaired) electrons. The third kappa shape index (κ3) is 6.70. The van der Waals surface area contributed by atoms with Crippen LogP contribution < -0.4 is 14.9 Å². The lowest BCUT2D eigenvalue weighted by Gasteiger charge is -2.11. The molecule has 0 saturated heterocycles. The number of hydrazone groups is 1. The van der Waals surface area contributed by atoms with Crippen molar-refractivity contribution in [2.75, 3.05) is 7.11 Å². The van der Waals surface area contributed by atoms with E-state index in [9.17, 15) is 9.18 Å². The van der Waals surface area contributed by atoms with Gasteiger partial charge in [0.15, 0.2) is 11.5 Å². The Balaban J connectivity index is 1.57. The number of amides is 1. The second-order valence-corrected chi connectivity index (χ2v) is 7.36. The van der Waals surface area contributed by atoms with Gasteiger partial charge in [0, 0.05) is 0 Å². The lowest BCUT2D eigenvalue weighted by atomic mass is 10.1. The van der Waals surface area contributed by atoms with Crippen LogP contribution >= 0.6 is 23.2 Å². The maximum atomic E-state index is 12.9. The summed E-state index contributed by atoms with van der Waals surface area (Å²) in [5.74, 6) is 0.407. The molecule has 1 N–H and O–H groups in total. The predicted octanol–water partition coefficient (Wildman–Crippen LogP) is 5.41. The number of hydrogen-bond donors (Lipinski definition) is 1. The van der Waals surface area contributed by atoms with Crippen molar-refractivity contribution >= 4 is 35.3 Å². The zero-order valence-electron chi connectivity index (χ0n) is 16.6. The first-order chi connectivity index (χ1) is 14.9. The molecule has 3 aromatic carbocycles. The van der Waals surface area contributed by atoms with Gasteiger partial charge in [0.25, 0.3) is 0 Å². The van der Waals surface area contributed by atoms with E-state index in [1.54, 1.807) is 42.5 Å². The zero-order valence-corrected chi connectivity index (χ0v) is 18.1. The number of ether oxygens (including phenoxy) is 2. The fourth-order valence-corrected chi connectivity index (χ4v) is 3.00. The van der Waals surface area contributed by atoms with Gasteiger partial charge in [-0.25, -0.2) is 9.82 Å². The second-order valence-electron chi connectivity index (χ2n) is 6.54. The Morgan fingerprint density at radius 2 is 1.74 bits per heavy atom. The monoisotopic (exact) mass is 460 g/mol. The summed E-state index contributed by atoms with van der Waals surface area (Å²) in [6.45, 7) is 0.292. The van der Waals surface area contributed by atoms with Crippen LogP contribution in [0.2, 0.25) is 10.0 Å². The van der Waals surface area contributed by atoms with E-state index < -0.39 is 0 Å². The fourth-order valence-electron chi connectivity index (χ4n) is 2.68. The van der Waals surface area contributed by atoms with Crippen LogP contribution in [-0.4, -0.2) is 19.2 Å². The van der Waals surface area contributed by atoms with Crippen molar-refractivity contribution in [3.63, 3.8) is 0 Å². The van der Waals surface area contributed by atoms with Gasteiger partial charge in [-0.05, 0) is 59.2 Å². The van der Waals surface area contributed by atoms with E-state index in [1.807, 2.05) is 6.07 Å². The molecule has 1 amide bonds. The minimum Gasteiger partial charge on any atom is -0.493 e. The predicted molar refractivity (Wildman–Crippen MR) is 120 cm³/mol. The van der Waals surface area contributed by atoms with E-state index in [0.717, 1.165) is 5.56 Å². The number of halogens is 3. The highest BCUT2D eigenvalue weighted by molar-refractivity contribution is 6.42. The number of hydrogen-bond acceptors (Lipinski definition) is 4. The Kier molecular flexibility index (Phi) is 7.87. The Bertz CT molecular complexity index is 1090. The van der Waals surface area contributed by atoms with E-state index in [4.69, 9.17) is 32.7 Å². The molecule has 160 valence electrons. The number of carbonyl (C=O) groups is 1. The van der Waals surface area contributed by atoms with Crippen LogP contribution in [0.3, 0.4) is 0 Å². The van der Waals surface area contributed by atoms with Crippen molar-refractivity contribution in [1.82, 2.24) is 5.43 Å². The van der Waals surface area contributed by atoms with Gasteiger partial charge in [0.2, 0.25) is 5.91 Å². The molecule has 0 saturated carbocycles. The van der Waals surface area contributed by atoms with E-state index >= 15 is 0 Å². The molecule has 0 heterocycles. The summed E-state index contributed by atoms with van der Waals surface area (Å²) in [6, 6.07) is 16.3. The lowest BCUT2D eigenvalue weighted by molar-refractivity contribution is -0.120. The van der Waals surface area contributed by atoms with Gasteiger partial charge in [-0.1, -0.05) is 41.4 Å². The first-order valence-corrected chi connectivity index (χ1v) is 10.0. The highest BCUT2D eigenvalue weighted by Gasteiger charge is 2.07. The van der Waals surface area contributed by atoms with Crippen LogP contribution in [0.15, 0.2) is 65.8 Å². The number of nitrogens with one attached hydrogen (secondary N) is 1. The summed E-state index contributed by atoms with van der Waals surface area (Å²) in [5.41, 5.74) is 4.71. The molecular formula is C23H19Cl2FN2O3. The summed E-state index contributed by atoms with van der Waals surface area (Å²) in [7, 11) is 1.53. The number of nitrogens with zero attached hydrogens (tertiary/aromatic N) is 1. The molecule has 0 aromatic heterocycles. The van der Waals surface area contributed by atoms with Crippen LogP contribution in [0.25, 0.3) is 0 Å². The molecule has 5 nitrogen and oxygen atoms in total. The van der Waals surface area contributed by atoms with E-state index in [0.29, 0.717) is 39.3 Å². The summed E-state index contributed by atoms with van der Waals surface area (Å²) in [4.78, 5) is 11.9. The van der Waals surface area contributed by atoms with Crippen LogP contribution in [0.5, 0.6) is 11.5 Å². The number of carbonyl (C=O) groups excluding carboxylic acids is 1. The summed E-state index contributed by atoms with van der Waals surface area (Å²) >= 11 is 12.0. The van der Waals surface area contributed by atoms with Crippen molar-refractivity contribution < 1.29 is 18.7 Å². The van der Waals surface area contributed by atoms with E-state index in [1.165, 1.54) is 25.5 Å². The van der Waals surface area contributed by atoms with Crippen LogP contribution in [0.1, 0.15) is 16.7 Å². The quantitative estimate of drug-likeness (QED) is 0.360. The van der Waals surface area contributed by atoms with Gasteiger partial charge in [0.1, 0.15) is 12.4 Å². The average molecular weight is 461 g/mol. The molecule has 3 aromatic rings. The normalized spacial score (nSPS) is 10.8. The van der Waals surface area contributed by atoms with Crippen molar-refractivity contribution in [2.24, 2.45) is 5.10 Å². The lowest BCUT2D eigenvalue weighted by Crippen LogP contribution is -2.19. The van der Waals surface area contributed by atoms with Gasteiger partial charge in [-0.3, -0.25) is 4.79 Å². The molecule has 3 rings (SSSR count). The van der Waals surface area contributed by atoms with Crippen molar-refractivity contribution in [3.8, 4) is 11.5 Å². The first kappa shape index (κ1) is 22.6. The number of rotatable bonds is 8. The highest BCUT2D eigenvalue weighted by atomic mass is 35.5. The maximum absolute atomic E-state index is 12.9. The second kappa shape index (κ2) is 10.8. The van der Waals surface area contributed by atoms with E-state index in [2.05, 4.69) is 10.5 Å². The molecule has 8 heteroatoms. The smallest absolute Gasteiger partial charge is 0.244 e. The molecule has 0 aliphatic rings. The van der Waals surface area contributed by atoms with Crippen molar-refractivity contribution in [3.05, 3.63) is 93.2 Å². The Morgan fingerprint density at radius 3 is 2.45 bits per heavy atom. The third-order valence-corrected chi connectivity index (χ3v) is 4.99. The molecule has 0 aliphatic carbocycles. The highest BCUT2D eigenvalue weighted by Crippen LogP contribution is 2.29. The molecule has 0 atom stereocenters. The first-order valence-electron chi connectivity index (χ1n) is 9.25. The average Bonchev–Trinajstić information content (AvgIpc) is 2.76. The molecule has 31 heavy (non-hydrogen) atoms. The fraction of sp³-hybridized carbons (Fsp3) is 0.130. The Morgan fingerprint density at radius 1 is 1.00 bits per heavy atom. The van der Waals surface area contributed by atoms with Crippen molar-refractivity contribution in [2.45, 2.75) is 13.0 Å². The molecule has 0 spiro atoms. The minimum atomic E-state index is -0.347. The Hall–Kier alpha value is -3.09. The van der Waals surface area contributed by atoms with Crippen LogP contribution in [0.4, 0.5) is 4.39 Å². The largest absolute Gasteiger partial charge is 0.493 e. The third-order valence-electron chi connectivity index (χ3n) is 4.25. The summed E-state index contributed by atoms with van der Waals surface area (Å²) in [6.07, 6.45) is 1.59. The van der Waals surface area contributed by atoms with Crippen LogP contribution in [-0.2, 0) is 17.8 Å². The topological polar surface area (TPSA) is 59.9 Å². The van der Waals surface area contributed by atoms with Gasteiger partial charge < -0.3 is 9.47 Å².